The lowest BCUT2D eigenvalue weighted by molar-refractivity contribution is -0.274. The summed E-state index contributed by atoms with van der Waals surface area (Å²) in [7, 11) is 0. The van der Waals surface area contributed by atoms with Gasteiger partial charge in [-0.15, -0.1) is 13.2 Å². The van der Waals surface area contributed by atoms with Gasteiger partial charge in [-0.05, 0) is 54.7 Å². The van der Waals surface area contributed by atoms with Gasteiger partial charge in [-0.1, -0.05) is 30.8 Å². The molecule has 2 aromatic carbocycles. The standard InChI is InChI=1S/C22H20F6N2O2/c1-13(29)18(12-14-2-4-16(5-3-14)21(23,24)25)30-19(31)20(10-11-20)15-6-8-17(9-7-15)32-22(26,27)28/h2-9,18H,1,10-12,29H2,(H,30,31). The first kappa shape index (κ1) is 23.5. The highest BCUT2D eigenvalue weighted by Gasteiger charge is 2.51. The fraction of sp³-hybridized carbons (Fsp3) is 0.318. The first-order valence-electron chi connectivity index (χ1n) is 9.58. The van der Waals surface area contributed by atoms with E-state index < -0.39 is 35.3 Å². The topological polar surface area (TPSA) is 64.3 Å². The van der Waals surface area contributed by atoms with Gasteiger partial charge in [-0.25, -0.2) is 0 Å². The number of halogens is 6. The van der Waals surface area contributed by atoms with E-state index >= 15 is 0 Å². The van der Waals surface area contributed by atoms with Crippen molar-refractivity contribution in [3.63, 3.8) is 0 Å². The molecule has 0 saturated heterocycles. The van der Waals surface area contributed by atoms with E-state index in [1.54, 1.807) is 0 Å². The molecule has 3 rings (SSSR count). The maximum atomic E-state index is 13.0. The van der Waals surface area contributed by atoms with Crippen LogP contribution in [-0.2, 0) is 22.8 Å². The fourth-order valence-corrected chi connectivity index (χ4v) is 3.38. The molecule has 1 atom stereocenters. The van der Waals surface area contributed by atoms with Gasteiger partial charge in [0.05, 0.1) is 17.0 Å². The first-order valence-corrected chi connectivity index (χ1v) is 9.58. The molecule has 1 aliphatic rings. The van der Waals surface area contributed by atoms with Crippen LogP contribution in [0.25, 0.3) is 0 Å². The van der Waals surface area contributed by atoms with Crippen molar-refractivity contribution in [1.29, 1.82) is 0 Å². The van der Waals surface area contributed by atoms with Crippen molar-refractivity contribution in [2.45, 2.75) is 43.3 Å². The highest BCUT2D eigenvalue weighted by molar-refractivity contribution is 5.91. The zero-order valence-corrected chi connectivity index (χ0v) is 16.7. The fourth-order valence-electron chi connectivity index (χ4n) is 3.38. The monoisotopic (exact) mass is 458 g/mol. The van der Waals surface area contributed by atoms with Crippen LogP contribution in [0.1, 0.15) is 29.5 Å². The van der Waals surface area contributed by atoms with E-state index in [0.717, 1.165) is 24.3 Å². The average molecular weight is 458 g/mol. The van der Waals surface area contributed by atoms with Crippen molar-refractivity contribution in [3.8, 4) is 5.75 Å². The first-order chi connectivity index (χ1) is 14.8. The van der Waals surface area contributed by atoms with Crippen LogP contribution in [0.3, 0.4) is 0 Å². The number of ether oxygens (including phenoxy) is 1. The minimum Gasteiger partial charge on any atom is -0.406 e. The van der Waals surface area contributed by atoms with E-state index in [-0.39, 0.29) is 18.0 Å². The second-order valence-electron chi connectivity index (χ2n) is 7.65. The number of nitrogens with one attached hydrogen (secondary N) is 1. The van der Waals surface area contributed by atoms with Crippen LogP contribution in [0.5, 0.6) is 5.75 Å². The molecule has 1 fully saturated rings. The number of hydrogen-bond donors (Lipinski definition) is 2. The van der Waals surface area contributed by atoms with E-state index in [4.69, 9.17) is 5.73 Å². The van der Waals surface area contributed by atoms with E-state index in [9.17, 15) is 31.1 Å². The lowest BCUT2D eigenvalue weighted by atomic mass is 9.93. The van der Waals surface area contributed by atoms with Crippen LogP contribution < -0.4 is 15.8 Å². The van der Waals surface area contributed by atoms with Crippen molar-refractivity contribution in [2.75, 3.05) is 0 Å². The molecule has 0 aromatic heterocycles. The Kier molecular flexibility index (Phi) is 6.17. The van der Waals surface area contributed by atoms with Crippen molar-refractivity contribution < 1.29 is 35.9 Å². The Bertz CT molecular complexity index is 977. The van der Waals surface area contributed by atoms with E-state index in [1.807, 2.05) is 0 Å². The van der Waals surface area contributed by atoms with Gasteiger partial charge < -0.3 is 15.8 Å². The minimum atomic E-state index is -4.82. The average Bonchev–Trinajstić information content (AvgIpc) is 3.48. The Morgan fingerprint density at radius 1 is 1.03 bits per heavy atom. The van der Waals surface area contributed by atoms with Gasteiger partial charge in [0.25, 0.3) is 0 Å². The molecule has 2 aromatic rings. The number of benzene rings is 2. The van der Waals surface area contributed by atoms with E-state index in [2.05, 4.69) is 16.6 Å². The molecule has 0 aliphatic heterocycles. The molecule has 0 radical (unpaired) electrons. The molecule has 0 heterocycles. The Labute approximate surface area is 180 Å². The molecular weight excluding hydrogens is 438 g/mol. The SMILES string of the molecule is C=C(N)C(Cc1ccc(C(F)(F)F)cc1)NC(=O)C1(c2ccc(OC(F)(F)F)cc2)CC1. The number of carbonyl (C=O) groups is 1. The molecular formula is C22H20F6N2O2. The maximum absolute atomic E-state index is 13.0. The molecule has 4 nitrogen and oxygen atoms in total. The van der Waals surface area contributed by atoms with Gasteiger partial charge in [-0.3, -0.25) is 4.79 Å². The molecule has 1 unspecified atom stereocenters. The largest absolute Gasteiger partial charge is 0.573 e. The van der Waals surface area contributed by atoms with Crippen LogP contribution in [-0.4, -0.2) is 18.3 Å². The number of nitrogens with two attached hydrogens (primary N) is 1. The molecule has 0 bridgehead atoms. The number of carbonyl (C=O) groups excluding carboxylic acids is 1. The number of alkyl halides is 6. The Balaban J connectivity index is 1.70. The maximum Gasteiger partial charge on any atom is 0.573 e. The summed E-state index contributed by atoms with van der Waals surface area (Å²) in [4.78, 5) is 13.0. The van der Waals surface area contributed by atoms with Gasteiger partial charge >= 0.3 is 12.5 Å². The zero-order chi connectivity index (χ0) is 23.7. The van der Waals surface area contributed by atoms with Gasteiger partial charge in [0.15, 0.2) is 0 Å². The summed E-state index contributed by atoms with van der Waals surface area (Å²) in [5.74, 6) is -0.779. The molecule has 32 heavy (non-hydrogen) atoms. The third-order valence-corrected chi connectivity index (χ3v) is 5.30. The molecule has 1 aliphatic carbocycles. The lowest BCUT2D eigenvalue weighted by Crippen LogP contribution is -2.45. The Morgan fingerprint density at radius 3 is 2.03 bits per heavy atom. The van der Waals surface area contributed by atoms with Crippen LogP contribution >= 0.6 is 0 Å². The molecule has 10 heteroatoms. The second kappa shape index (κ2) is 8.40. The second-order valence-corrected chi connectivity index (χ2v) is 7.65. The highest BCUT2D eigenvalue weighted by Crippen LogP contribution is 2.49. The van der Waals surface area contributed by atoms with Gasteiger partial charge in [0.1, 0.15) is 5.75 Å². The Morgan fingerprint density at radius 2 is 1.59 bits per heavy atom. The molecule has 172 valence electrons. The molecule has 1 amide bonds. The Hall–Kier alpha value is -3.17. The molecule has 3 N–H and O–H groups in total. The summed E-state index contributed by atoms with van der Waals surface area (Å²) in [5.41, 5.74) is 5.28. The van der Waals surface area contributed by atoms with Crippen LogP contribution in [0, 0.1) is 0 Å². The summed E-state index contributed by atoms with van der Waals surface area (Å²) in [6.07, 6.45) is -8.16. The van der Waals surface area contributed by atoms with Crippen molar-refractivity contribution >= 4 is 5.91 Å². The van der Waals surface area contributed by atoms with Gasteiger partial charge in [0, 0.05) is 5.70 Å². The smallest absolute Gasteiger partial charge is 0.406 e. The lowest BCUT2D eigenvalue weighted by Gasteiger charge is -2.23. The summed E-state index contributed by atoms with van der Waals surface area (Å²) < 4.78 is 79.0. The number of hydrogen-bond acceptors (Lipinski definition) is 3. The summed E-state index contributed by atoms with van der Waals surface area (Å²) in [6.45, 7) is 3.64. The predicted molar refractivity (Wildman–Crippen MR) is 104 cm³/mol. The summed E-state index contributed by atoms with van der Waals surface area (Å²) in [5, 5.41) is 2.77. The molecule has 1 saturated carbocycles. The van der Waals surface area contributed by atoms with Crippen molar-refractivity contribution in [3.05, 3.63) is 77.5 Å². The van der Waals surface area contributed by atoms with Crippen LogP contribution in [0.4, 0.5) is 26.3 Å². The normalized spacial score (nSPS) is 16.2. The third kappa shape index (κ3) is 5.54. The van der Waals surface area contributed by atoms with Crippen molar-refractivity contribution in [1.82, 2.24) is 5.32 Å². The van der Waals surface area contributed by atoms with Crippen LogP contribution in [0.15, 0.2) is 60.8 Å². The minimum absolute atomic E-state index is 0.128. The van der Waals surface area contributed by atoms with Crippen molar-refractivity contribution in [2.24, 2.45) is 5.73 Å². The third-order valence-electron chi connectivity index (χ3n) is 5.30. The highest BCUT2D eigenvalue weighted by atomic mass is 19.4. The predicted octanol–water partition coefficient (Wildman–Crippen LogP) is 4.84. The summed E-state index contributed by atoms with van der Waals surface area (Å²) in [6, 6.07) is 8.83. The summed E-state index contributed by atoms with van der Waals surface area (Å²) >= 11 is 0. The van der Waals surface area contributed by atoms with Gasteiger partial charge in [-0.2, -0.15) is 13.2 Å². The van der Waals surface area contributed by atoms with Crippen LogP contribution in [0.2, 0.25) is 0 Å². The number of amides is 1. The van der Waals surface area contributed by atoms with E-state index in [1.165, 1.54) is 24.3 Å². The zero-order valence-electron chi connectivity index (χ0n) is 16.7. The van der Waals surface area contributed by atoms with Gasteiger partial charge in [0.2, 0.25) is 5.91 Å². The molecule has 0 spiro atoms. The number of rotatable bonds is 7. The van der Waals surface area contributed by atoms with E-state index in [0.29, 0.717) is 24.0 Å². The quantitative estimate of drug-likeness (QED) is 0.584.